The number of nitrogens with one attached hydrogen (secondary N) is 1. The summed E-state index contributed by atoms with van der Waals surface area (Å²) in [4.78, 5) is 43.5. The van der Waals surface area contributed by atoms with E-state index in [9.17, 15) is 27.9 Å². The molecule has 1 aromatic carbocycles. The van der Waals surface area contributed by atoms with Crippen LogP contribution in [0.5, 0.6) is 5.75 Å². The first-order valence-electron chi connectivity index (χ1n) is 14.4. The molecule has 15 heteroatoms. The van der Waals surface area contributed by atoms with Gasteiger partial charge in [-0.2, -0.15) is 0 Å². The molecule has 2 heterocycles. The number of likely N-dealkylation sites (tertiary alicyclic amines) is 1. The van der Waals surface area contributed by atoms with Gasteiger partial charge in [0, 0.05) is 19.1 Å². The highest BCUT2D eigenvalue weighted by Gasteiger charge is 2.38. The Morgan fingerprint density at radius 2 is 1.86 bits per heavy atom. The summed E-state index contributed by atoms with van der Waals surface area (Å²) < 4.78 is 43.1. The Morgan fingerprint density at radius 1 is 1.21 bits per heavy atom. The molecule has 2 aliphatic heterocycles. The largest absolute Gasteiger partial charge is 0.490 e. The Hall–Kier alpha value is -3.59. The predicted molar refractivity (Wildman–Crippen MR) is 158 cm³/mol. The minimum atomic E-state index is -3.70. The van der Waals surface area contributed by atoms with Crippen molar-refractivity contribution < 1.29 is 42.1 Å². The molecule has 0 radical (unpaired) electrons. The molecule has 0 aliphatic carbocycles. The van der Waals surface area contributed by atoms with E-state index in [1.807, 2.05) is 6.92 Å². The number of hydrogen-bond acceptors (Lipinski definition) is 8. The maximum atomic E-state index is 12.6. The first-order chi connectivity index (χ1) is 20.2. The monoisotopic (exact) mass is 625 g/mol. The summed E-state index contributed by atoms with van der Waals surface area (Å²) in [7, 11) is -3.70. The maximum absolute atomic E-state index is 12.6. The molecule has 43 heavy (non-hydrogen) atoms. The summed E-state index contributed by atoms with van der Waals surface area (Å²) in [6.07, 6.45) is 0.721. The molecular formula is C28H43N5O9S. The number of hydrogen-bond donors (Lipinski definition) is 3. The molecule has 2 amide bonds. The number of ether oxygens (including phenoxy) is 3. The highest BCUT2D eigenvalue weighted by Crippen LogP contribution is 2.24. The van der Waals surface area contributed by atoms with Crippen LogP contribution in [0.2, 0.25) is 0 Å². The average Bonchev–Trinajstić information content (AvgIpc) is 3.30. The van der Waals surface area contributed by atoms with Crippen molar-refractivity contribution in [1.82, 2.24) is 14.5 Å². The van der Waals surface area contributed by atoms with E-state index in [4.69, 9.17) is 19.9 Å². The van der Waals surface area contributed by atoms with Gasteiger partial charge in [-0.25, -0.2) is 22.7 Å². The quantitative estimate of drug-likeness (QED) is 0.228. The van der Waals surface area contributed by atoms with Gasteiger partial charge in [-0.3, -0.25) is 4.79 Å². The SMILES string of the molecule is CCCCS(=O)(=O)NC(Cc1ccc(OCC2CN(C3CCN(C(N)=NC(=O)OC(C)(C)C)CC3)C(=O)O2)cc1)C(=O)O. The highest BCUT2D eigenvalue weighted by molar-refractivity contribution is 7.89. The second kappa shape index (κ2) is 14.7. The van der Waals surface area contributed by atoms with Crippen molar-refractivity contribution >= 4 is 34.1 Å². The van der Waals surface area contributed by atoms with E-state index in [1.165, 1.54) is 0 Å². The number of aliphatic carboxylic acids is 1. The zero-order chi connectivity index (χ0) is 31.8. The van der Waals surface area contributed by atoms with Gasteiger partial charge in [0.15, 0.2) is 6.10 Å². The molecule has 14 nitrogen and oxygen atoms in total. The Labute approximate surface area is 252 Å². The second-order valence-electron chi connectivity index (χ2n) is 11.7. The number of amides is 2. The number of aliphatic imine (C=N–C) groups is 1. The van der Waals surface area contributed by atoms with E-state index < -0.39 is 45.9 Å². The number of cyclic esters (lactones) is 1. The Balaban J connectivity index is 1.46. The third kappa shape index (κ3) is 10.9. The number of rotatable bonds is 12. The lowest BCUT2D eigenvalue weighted by Crippen LogP contribution is -2.49. The lowest BCUT2D eigenvalue weighted by molar-refractivity contribution is -0.138. The average molecular weight is 626 g/mol. The van der Waals surface area contributed by atoms with Crippen molar-refractivity contribution in [2.75, 3.05) is 32.0 Å². The first kappa shape index (κ1) is 33.9. The number of sulfonamides is 1. The van der Waals surface area contributed by atoms with Crippen molar-refractivity contribution in [3.8, 4) is 5.75 Å². The second-order valence-corrected chi connectivity index (χ2v) is 13.5. The molecule has 1 aromatic rings. The van der Waals surface area contributed by atoms with Crippen LogP contribution in [0.15, 0.2) is 29.3 Å². The van der Waals surface area contributed by atoms with E-state index in [2.05, 4.69) is 9.71 Å². The predicted octanol–water partition coefficient (Wildman–Crippen LogP) is 2.32. The van der Waals surface area contributed by atoms with Gasteiger partial charge < -0.3 is 34.9 Å². The molecule has 4 N–H and O–H groups in total. The molecule has 2 fully saturated rings. The maximum Gasteiger partial charge on any atom is 0.437 e. The molecule has 2 atom stereocenters. The zero-order valence-electron chi connectivity index (χ0n) is 25.2. The van der Waals surface area contributed by atoms with E-state index in [0.717, 1.165) is 0 Å². The number of piperidine rings is 1. The van der Waals surface area contributed by atoms with Crippen LogP contribution in [0, 0.1) is 0 Å². The highest BCUT2D eigenvalue weighted by atomic mass is 32.2. The summed E-state index contributed by atoms with van der Waals surface area (Å²) >= 11 is 0. The van der Waals surface area contributed by atoms with Crippen LogP contribution in [0.25, 0.3) is 0 Å². The van der Waals surface area contributed by atoms with Crippen LogP contribution in [0.4, 0.5) is 9.59 Å². The molecular weight excluding hydrogens is 582 g/mol. The minimum absolute atomic E-state index is 0.0203. The van der Waals surface area contributed by atoms with Crippen LogP contribution in [-0.4, -0.2) is 103 Å². The minimum Gasteiger partial charge on any atom is -0.490 e. The molecule has 0 aromatic heterocycles. The Bertz CT molecular complexity index is 1260. The number of unbranched alkanes of at least 4 members (excludes halogenated alkanes) is 1. The van der Waals surface area contributed by atoms with Gasteiger partial charge in [-0.05, 0) is 64.2 Å². The van der Waals surface area contributed by atoms with Crippen LogP contribution < -0.4 is 15.2 Å². The summed E-state index contributed by atoms with van der Waals surface area (Å²) in [6, 6.07) is 5.33. The van der Waals surface area contributed by atoms with Crippen LogP contribution >= 0.6 is 0 Å². The van der Waals surface area contributed by atoms with Gasteiger partial charge in [-0.15, -0.1) is 4.99 Å². The molecule has 0 saturated carbocycles. The Morgan fingerprint density at radius 3 is 2.44 bits per heavy atom. The number of guanidine groups is 1. The fraction of sp³-hybridized carbons (Fsp3) is 0.643. The summed E-state index contributed by atoms with van der Waals surface area (Å²) in [5.74, 6) is -0.791. The van der Waals surface area contributed by atoms with Crippen LogP contribution in [-0.2, 0) is 30.7 Å². The molecule has 0 bridgehead atoms. The van der Waals surface area contributed by atoms with E-state index in [1.54, 1.807) is 54.8 Å². The van der Waals surface area contributed by atoms with E-state index in [-0.39, 0.29) is 30.8 Å². The molecule has 240 valence electrons. The lowest BCUT2D eigenvalue weighted by atomic mass is 10.0. The van der Waals surface area contributed by atoms with Crippen molar-refractivity contribution in [2.24, 2.45) is 10.7 Å². The summed E-state index contributed by atoms with van der Waals surface area (Å²) in [5.41, 5.74) is 5.95. The first-order valence-corrected chi connectivity index (χ1v) is 16.0. The van der Waals surface area contributed by atoms with Gasteiger partial charge in [-0.1, -0.05) is 25.5 Å². The van der Waals surface area contributed by atoms with Crippen molar-refractivity contribution in [3.63, 3.8) is 0 Å². The standard InChI is InChI=1S/C28H43N5O9S/c1-5-6-15-43(38,39)31-23(24(34)35)16-19-7-9-21(10-8-19)40-18-22-17-33(27(37)41-22)20-11-13-32(14-12-20)25(29)30-26(36)42-28(2,3)4/h7-10,20,22-23,31H,5-6,11-18H2,1-4H3,(H,34,35)(H2,29,30,36). The van der Waals surface area contributed by atoms with Gasteiger partial charge in [0.2, 0.25) is 16.0 Å². The van der Waals surface area contributed by atoms with Crippen LogP contribution in [0.1, 0.15) is 58.9 Å². The van der Waals surface area contributed by atoms with E-state index >= 15 is 0 Å². The molecule has 3 rings (SSSR count). The number of carboxylic acid groups (broad SMARTS) is 1. The van der Waals surface area contributed by atoms with Gasteiger partial charge in [0.25, 0.3) is 0 Å². The number of carbonyl (C=O) groups is 3. The third-order valence-electron chi connectivity index (χ3n) is 6.92. The van der Waals surface area contributed by atoms with Crippen molar-refractivity contribution in [2.45, 2.75) is 83.6 Å². The molecule has 0 spiro atoms. The fourth-order valence-corrected chi connectivity index (χ4v) is 6.12. The number of carbonyl (C=O) groups excluding carboxylic acids is 2. The fourth-order valence-electron chi connectivity index (χ4n) is 4.72. The zero-order valence-corrected chi connectivity index (χ0v) is 26.0. The number of nitrogens with two attached hydrogens (primary N) is 1. The summed E-state index contributed by atoms with van der Waals surface area (Å²) in [5, 5.41) is 9.50. The number of nitrogens with zero attached hydrogens (tertiary/aromatic N) is 3. The molecule has 2 saturated heterocycles. The Kier molecular flexibility index (Phi) is 11.6. The topological polar surface area (TPSA) is 190 Å². The van der Waals surface area contributed by atoms with Crippen molar-refractivity contribution in [3.05, 3.63) is 29.8 Å². The smallest absolute Gasteiger partial charge is 0.437 e. The molecule has 2 aliphatic rings. The number of benzene rings is 1. The van der Waals surface area contributed by atoms with Gasteiger partial charge in [0.05, 0.1) is 12.3 Å². The summed E-state index contributed by atoms with van der Waals surface area (Å²) in [6.45, 7) is 8.62. The molecule has 2 unspecified atom stereocenters. The van der Waals surface area contributed by atoms with Gasteiger partial charge >= 0.3 is 18.2 Å². The lowest BCUT2D eigenvalue weighted by Gasteiger charge is -2.36. The van der Waals surface area contributed by atoms with Gasteiger partial charge in [0.1, 0.15) is 24.0 Å². The normalized spacial score (nSPS) is 19.2. The third-order valence-corrected chi connectivity index (χ3v) is 8.39. The number of carboxylic acids is 1. The van der Waals surface area contributed by atoms with E-state index in [0.29, 0.717) is 56.6 Å². The van der Waals surface area contributed by atoms with Crippen LogP contribution in [0.3, 0.4) is 0 Å². The van der Waals surface area contributed by atoms with Crippen molar-refractivity contribution in [1.29, 1.82) is 0 Å².